The van der Waals surface area contributed by atoms with Gasteiger partial charge >= 0.3 is 0 Å². The van der Waals surface area contributed by atoms with Crippen LogP contribution < -0.4 is 10.2 Å². The van der Waals surface area contributed by atoms with E-state index in [9.17, 15) is 4.79 Å². The number of aromatic nitrogens is 1. The third kappa shape index (κ3) is 6.75. The van der Waals surface area contributed by atoms with Crippen LogP contribution in [0.15, 0.2) is 67.0 Å². The van der Waals surface area contributed by atoms with Crippen molar-refractivity contribution in [1.29, 1.82) is 5.26 Å². The number of hydrogen-bond acceptors (Lipinski definition) is 5. The number of pyridine rings is 1. The van der Waals surface area contributed by atoms with Crippen molar-refractivity contribution in [2.45, 2.75) is 58.7 Å². The number of nitrogens with one attached hydrogen (secondary N) is 1. The molecule has 6 heteroatoms. The quantitative estimate of drug-likeness (QED) is 0.439. The molecule has 1 N–H and O–H groups in total. The summed E-state index contributed by atoms with van der Waals surface area (Å²) >= 11 is 0. The first-order valence-corrected chi connectivity index (χ1v) is 13.2. The fraction of sp³-hybridized carbons (Fsp3) is 0.387. The molecule has 0 bridgehead atoms. The van der Waals surface area contributed by atoms with Crippen LogP contribution in [0.1, 0.15) is 58.8 Å². The van der Waals surface area contributed by atoms with Crippen LogP contribution in [0, 0.1) is 25.2 Å². The summed E-state index contributed by atoms with van der Waals surface area (Å²) in [6, 6.07) is 21.4. The zero-order valence-corrected chi connectivity index (χ0v) is 22.2. The molecule has 1 aliphatic heterocycles. The lowest BCUT2D eigenvalue weighted by Gasteiger charge is -2.42. The van der Waals surface area contributed by atoms with Crippen LogP contribution >= 0.6 is 0 Å². The summed E-state index contributed by atoms with van der Waals surface area (Å²) in [6.45, 7) is 9.63. The number of aryl methyl sites for hydroxylation is 2. The van der Waals surface area contributed by atoms with Gasteiger partial charge in [0.1, 0.15) is 0 Å². The zero-order valence-electron chi connectivity index (χ0n) is 22.2. The number of para-hydroxylation sites is 1. The van der Waals surface area contributed by atoms with Gasteiger partial charge in [-0.1, -0.05) is 24.3 Å². The molecule has 1 aliphatic rings. The molecule has 192 valence electrons. The minimum Gasteiger partial charge on any atom is -0.364 e. The number of benzene rings is 2. The van der Waals surface area contributed by atoms with Gasteiger partial charge in [0.05, 0.1) is 11.6 Å². The maximum atomic E-state index is 12.8. The van der Waals surface area contributed by atoms with Gasteiger partial charge in [0.25, 0.3) is 5.91 Å². The topological polar surface area (TPSA) is 72.3 Å². The second kappa shape index (κ2) is 12.5. The second-order valence-electron chi connectivity index (χ2n) is 10.1. The summed E-state index contributed by atoms with van der Waals surface area (Å²) in [4.78, 5) is 22.2. The lowest BCUT2D eigenvalue weighted by atomic mass is 9.98. The van der Waals surface area contributed by atoms with Crippen LogP contribution in [-0.2, 0) is 6.54 Å². The van der Waals surface area contributed by atoms with E-state index in [1.807, 2.05) is 32.3 Å². The summed E-state index contributed by atoms with van der Waals surface area (Å²) in [5.41, 5.74) is 5.45. The maximum Gasteiger partial charge on any atom is 0.251 e. The van der Waals surface area contributed by atoms with Crippen molar-refractivity contribution >= 4 is 11.6 Å². The van der Waals surface area contributed by atoms with Crippen molar-refractivity contribution in [2.24, 2.45) is 0 Å². The number of nitriles is 1. The first kappa shape index (κ1) is 26.4. The normalized spacial score (nSPS) is 15.1. The van der Waals surface area contributed by atoms with Crippen molar-refractivity contribution in [1.82, 2.24) is 15.2 Å². The molecule has 0 spiro atoms. The Morgan fingerprint density at radius 3 is 2.46 bits per heavy atom. The molecule has 2 heterocycles. The fourth-order valence-electron chi connectivity index (χ4n) is 5.43. The maximum absolute atomic E-state index is 12.8. The third-order valence-electron chi connectivity index (χ3n) is 7.46. The van der Waals surface area contributed by atoms with Crippen LogP contribution in [0.5, 0.6) is 0 Å². The average Bonchev–Trinajstić information content (AvgIpc) is 2.92. The highest BCUT2D eigenvalue weighted by Crippen LogP contribution is 2.26. The lowest BCUT2D eigenvalue weighted by molar-refractivity contribution is 0.0944. The molecule has 1 amide bonds. The fourth-order valence-corrected chi connectivity index (χ4v) is 5.43. The molecular formula is C31H37N5O. The summed E-state index contributed by atoms with van der Waals surface area (Å²) in [5.74, 6) is -0.0562. The van der Waals surface area contributed by atoms with E-state index in [0.717, 1.165) is 50.0 Å². The number of carbonyl (C=O) groups excluding carboxylic acids is 1. The zero-order chi connectivity index (χ0) is 26.2. The van der Waals surface area contributed by atoms with Gasteiger partial charge in [0.2, 0.25) is 0 Å². The predicted octanol–water partition coefficient (Wildman–Crippen LogP) is 5.25. The molecule has 2 aromatic carbocycles. The molecule has 1 saturated heterocycles. The van der Waals surface area contributed by atoms with Gasteiger partial charge in [-0.2, -0.15) is 5.26 Å². The molecule has 0 radical (unpaired) electrons. The Morgan fingerprint density at radius 1 is 1.14 bits per heavy atom. The average molecular weight is 496 g/mol. The standard InChI is InChI=1S/C31H37N5O/c1-23-18-27(20-32)19-24(2)30(23)31(37)34-15-11-25(3)35-16-12-29(13-17-35)36(28-9-5-4-6-10-28)22-26-8-7-14-33-21-26/h4-10,14,18-19,21,25,29H,11-13,15-17,22H2,1-3H3,(H,34,37)/t25-/m1/s1. The van der Waals surface area contributed by atoms with E-state index < -0.39 is 0 Å². The number of carbonyl (C=O) groups is 1. The van der Waals surface area contributed by atoms with Gasteiger partial charge < -0.3 is 15.1 Å². The molecule has 1 atom stereocenters. The number of anilines is 1. The number of amides is 1. The minimum absolute atomic E-state index is 0.0562. The van der Waals surface area contributed by atoms with Crippen molar-refractivity contribution in [3.05, 3.63) is 94.8 Å². The van der Waals surface area contributed by atoms with Crippen LogP contribution in [0.2, 0.25) is 0 Å². The molecule has 1 fully saturated rings. The highest BCUT2D eigenvalue weighted by molar-refractivity contribution is 5.97. The first-order chi connectivity index (χ1) is 18.0. The van der Waals surface area contributed by atoms with Crippen LogP contribution in [-0.4, -0.2) is 47.5 Å². The van der Waals surface area contributed by atoms with Gasteiger partial charge in [0.15, 0.2) is 0 Å². The summed E-state index contributed by atoms with van der Waals surface area (Å²) in [5, 5.41) is 12.3. The highest BCUT2D eigenvalue weighted by atomic mass is 16.1. The Hall–Kier alpha value is -3.69. The van der Waals surface area contributed by atoms with Crippen LogP contribution in [0.3, 0.4) is 0 Å². The molecule has 0 unspecified atom stereocenters. The largest absolute Gasteiger partial charge is 0.364 e. The number of rotatable bonds is 9. The Labute approximate surface area is 220 Å². The van der Waals surface area contributed by atoms with Crippen molar-refractivity contribution in [3.63, 3.8) is 0 Å². The molecule has 1 aromatic heterocycles. The molecule has 4 rings (SSSR count). The number of likely N-dealkylation sites (tertiary alicyclic amines) is 1. The van der Waals surface area contributed by atoms with Gasteiger partial charge in [-0.05, 0) is 87.1 Å². The minimum atomic E-state index is -0.0562. The van der Waals surface area contributed by atoms with E-state index in [2.05, 4.69) is 69.5 Å². The van der Waals surface area contributed by atoms with Crippen molar-refractivity contribution < 1.29 is 4.79 Å². The van der Waals surface area contributed by atoms with Gasteiger partial charge in [-0.15, -0.1) is 0 Å². The van der Waals surface area contributed by atoms with Gasteiger partial charge in [-0.3, -0.25) is 9.78 Å². The number of piperidine rings is 1. The van der Waals surface area contributed by atoms with Gasteiger partial charge in [-0.25, -0.2) is 0 Å². The Balaban J connectivity index is 1.30. The van der Waals surface area contributed by atoms with Crippen LogP contribution in [0.25, 0.3) is 0 Å². The Kier molecular flexibility index (Phi) is 8.92. The van der Waals surface area contributed by atoms with E-state index in [1.54, 1.807) is 12.1 Å². The Morgan fingerprint density at radius 2 is 1.84 bits per heavy atom. The van der Waals surface area contributed by atoms with E-state index in [-0.39, 0.29) is 5.91 Å². The SMILES string of the molecule is Cc1cc(C#N)cc(C)c1C(=O)NCC[C@@H](C)N1CCC(N(Cc2cccnc2)c2ccccc2)CC1. The number of nitrogens with zero attached hydrogens (tertiary/aromatic N) is 4. The summed E-state index contributed by atoms with van der Waals surface area (Å²) in [6.07, 6.45) is 6.90. The molecule has 3 aromatic rings. The van der Waals surface area contributed by atoms with Crippen molar-refractivity contribution in [2.75, 3.05) is 24.5 Å². The van der Waals surface area contributed by atoms with E-state index in [4.69, 9.17) is 5.26 Å². The molecule has 0 aliphatic carbocycles. The van der Waals surface area contributed by atoms with Gasteiger partial charge in [0, 0.05) is 61.9 Å². The number of hydrogen-bond donors (Lipinski definition) is 1. The predicted molar refractivity (Wildman–Crippen MR) is 149 cm³/mol. The van der Waals surface area contributed by atoms with E-state index in [0.29, 0.717) is 29.8 Å². The molecule has 0 saturated carbocycles. The first-order valence-electron chi connectivity index (χ1n) is 13.2. The summed E-state index contributed by atoms with van der Waals surface area (Å²) in [7, 11) is 0. The smallest absolute Gasteiger partial charge is 0.251 e. The Bertz CT molecular complexity index is 1190. The monoisotopic (exact) mass is 495 g/mol. The molecule has 37 heavy (non-hydrogen) atoms. The summed E-state index contributed by atoms with van der Waals surface area (Å²) < 4.78 is 0. The second-order valence-corrected chi connectivity index (χ2v) is 10.1. The molecule has 6 nitrogen and oxygen atoms in total. The molecular weight excluding hydrogens is 458 g/mol. The lowest BCUT2D eigenvalue weighted by Crippen LogP contribution is -2.48. The van der Waals surface area contributed by atoms with Crippen LogP contribution in [0.4, 0.5) is 5.69 Å². The van der Waals surface area contributed by atoms with E-state index >= 15 is 0 Å². The highest BCUT2D eigenvalue weighted by Gasteiger charge is 2.27. The van der Waals surface area contributed by atoms with E-state index in [1.165, 1.54) is 11.3 Å². The van der Waals surface area contributed by atoms with Crippen molar-refractivity contribution in [3.8, 4) is 6.07 Å². The third-order valence-corrected chi connectivity index (χ3v) is 7.46.